The maximum absolute atomic E-state index is 11.0. The van der Waals surface area contributed by atoms with Gasteiger partial charge in [0, 0.05) is 6.42 Å². The largest absolute Gasteiger partial charge is 0.469 e. The Morgan fingerprint density at radius 2 is 1.91 bits per heavy atom. The molecule has 0 bridgehead atoms. The second kappa shape index (κ2) is 12.5. The van der Waals surface area contributed by atoms with Crippen LogP contribution >= 0.6 is 0 Å². The van der Waals surface area contributed by atoms with Crippen molar-refractivity contribution in [3.8, 4) is 0 Å². The Morgan fingerprint density at radius 3 is 2.65 bits per heavy atom. The molecule has 0 spiro atoms. The Kier molecular flexibility index (Phi) is 11.0. The number of aliphatic hydroxyl groups is 1. The van der Waals surface area contributed by atoms with Gasteiger partial charge in [-0.15, -0.1) is 0 Å². The molecule has 4 nitrogen and oxygen atoms in total. The number of hydrogen-bond donors (Lipinski definition) is 1. The van der Waals surface area contributed by atoms with E-state index in [1.54, 1.807) is 0 Å². The summed E-state index contributed by atoms with van der Waals surface area (Å²) in [7, 11) is 1.44. The van der Waals surface area contributed by atoms with Crippen LogP contribution in [0.2, 0.25) is 0 Å². The lowest BCUT2D eigenvalue weighted by molar-refractivity contribution is -0.140. The summed E-state index contributed by atoms with van der Waals surface area (Å²) < 4.78 is 10.2. The maximum atomic E-state index is 11.0. The van der Waals surface area contributed by atoms with Gasteiger partial charge in [-0.2, -0.15) is 0 Å². The van der Waals surface area contributed by atoms with Crippen LogP contribution in [0.25, 0.3) is 0 Å². The first kappa shape index (κ1) is 20.2. The minimum atomic E-state index is -0.318. The van der Waals surface area contributed by atoms with Crippen LogP contribution in [0.4, 0.5) is 0 Å². The predicted molar refractivity (Wildman–Crippen MR) is 92.3 cm³/mol. The molecule has 0 aromatic rings. The number of ether oxygens (including phenoxy) is 2. The monoisotopic (exact) mass is 326 g/mol. The van der Waals surface area contributed by atoms with Crippen LogP contribution < -0.4 is 0 Å². The molecule has 0 radical (unpaired) electrons. The zero-order valence-corrected chi connectivity index (χ0v) is 14.8. The quantitative estimate of drug-likeness (QED) is 0.225. The highest BCUT2D eigenvalue weighted by Gasteiger charge is 2.35. The molecule has 1 rings (SSSR count). The van der Waals surface area contributed by atoms with Crippen LogP contribution in [0.5, 0.6) is 0 Å². The van der Waals surface area contributed by atoms with Crippen LogP contribution in [0.15, 0.2) is 12.2 Å². The van der Waals surface area contributed by atoms with Gasteiger partial charge in [-0.1, -0.05) is 64.0 Å². The van der Waals surface area contributed by atoms with Gasteiger partial charge < -0.3 is 14.6 Å². The molecular weight excluding hydrogens is 292 g/mol. The SMILES string of the molecule is CCCCC[C@H](O)/C=C/[C@H]1O[C@H]1CCCCCCCC(=O)OC. The van der Waals surface area contributed by atoms with E-state index in [2.05, 4.69) is 11.7 Å². The Balaban J connectivity index is 1.91. The molecule has 1 aliphatic heterocycles. The summed E-state index contributed by atoms with van der Waals surface area (Å²) >= 11 is 0. The van der Waals surface area contributed by atoms with Crippen LogP contribution in [-0.4, -0.2) is 36.5 Å². The van der Waals surface area contributed by atoms with E-state index in [4.69, 9.17) is 4.74 Å². The first-order valence-corrected chi connectivity index (χ1v) is 9.26. The zero-order chi connectivity index (χ0) is 16.9. The number of carbonyl (C=O) groups excluding carboxylic acids is 1. The van der Waals surface area contributed by atoms with Crippen molar-refractivity contribution in [2.75, 3.05) is 7.11 Å². The number of unbranched alkanes of at least 4 members (excludes halogenated alkanes) is 6. The molecule has 3 atom stereocenters. The molecule has 0 saturated carbocycles. The third kappa shape index (κ3) is 10.5. The van der Waals surface area contributed by atoms with Gasteiger partial charge in [0.1, 0.15) is 6.10 Å². The molecular formula is C19H34O4. The van der Waals surface area contributed by atoms with Gasteiger partial charge in [-0.05, 0) is 19.3 Å². The van der Waals surface area contributed by atoms with E-state index < -0.39 is 0 Å². The number of hydrogen-bond acceptors (Lipinski definition) is 4. The number of rotatable bonds is 14. The number of epoxide rings is 1. The first-order chi connectivity index (χ1) is 11.2. The van der Waals surface area contributed by atoms with E-state index in [1.165, 1.54) is 39.2 Å². The number of carbonyl (C=O) groups is 1. The van der Waals surface area contributed by atoms with E-state index in [-0.39, 0.29) is 18.2 Å². The molecule has 0 aromatic heterocycles. The van der Waals surface area contributed by atoms with E-state index in [0.717, 1.165) is 32.1 Å². The second-order valence-electron chi connectivity index (χ2n) is 6.47. The van der Waals surface area contributed by atoms with E-state index >= 15 is 0 Å². The average molecular weight is 326 g/mol. The molecule has 1 saturated heterocycles. The molecule has 23 heavy (non-hydrogen) atoms. The fraction of sp³-hybridized carbons (Fsp3) is 0.842. The van der Waals surface area contributed by atoms with Gasteiger partial charge in [0.05, 0.1) is 19.3 Å². The summed E-state index contributed by atoms with van der Waals surface area (Å²) in [5.74, 6) is -0.108. The van der Waals surface area contributed by atoms with Crippen molar-refractivity contribution in [2.45, 2.75) is 95.9 Å². The van der Waals surface area contributed by atoms with Crippen molar-refractivity contribution < 1.29 is 19.4 Å². The lowest BCUT2D eigenvalue weighted by atomic mass is 10.1. The minimum Gasteiger partial charge on any atom is -0.469 e. The van der Waals surface area contributed by atoms with Crippen LogP contribution in [0, 0.1) is 0 Å². The standard InChI is InChI=1S/C19H34O4/c1-3-4-8-11-16(20)14-15-18-17(23-18)12-9-6-5-7-10-13-19(21)22-2/h14-18,20H,3-13H2,1-2H3/b15-14+/t16-,17-,18+/m0/s1. The van der Waals surface area contributed by atoms with Gasteiger partial charge >= 0.3 is 5.97 Å². The molecule has 1 aliphatic rings. The highest BCUT2D eigenvalue weighted by Crippen LogP contribution is 2.29. The predicted octanol–water partition coefficient (Wildman–Crippen LogP) is 4.15. The smallest absolute Gasteiger partial charge is 0.305 e. The third-order valence-corrected chi connectivity index (χ3v) is 4.35. The van der Waals surface area contributed by atoms with Crippen molar-refractivity contribution in [3.05, 3.63) is 12.2 Å². The molecule has 0 aliphatic carbocycles. The molecule has 0 amide bonds. The fourth-order valence-electron chi connectivity index (χ4n) is 2.74. The molecule has 0 aromatic carbocycles. The highest BCUT2D eigenvalue weighted by molar-refractivity contribution is 5.68. The summed E-state index contributed by atoms with van der Waals surface area (Å²) in [4.78, 5) is 11.0. The normalized spacial score (nSPS) is 21.5. The maximum Gasteiger partial charge on any atom is 0.305 e. The molecule has 4 heteroatoms. The summed E-state index contributed by atoms with van der Waals surface area (Å²) in [5, 5.41) is 9.82. The van der Waals surface area contributed by atoms with Crippen molar-refractivity contribution in [1.82, 2.24) is 0 Å². The number of aliphatic hydroxyl groups excluding tert-OH is 1. The average Bonchev–Trinajstić information content (AvgIpc) is 3.30. The number of esters is 1. The van der Waals surface area contributed by atoms with Crippen LogP contribution in [0.1, 0.15) is 77.6 Å². The Hall–Kier alpha value is -0.870. The van der Waals surface area contributed by atoms with Gasteiger partial charge in [0.2, 0.25) is 0 Å². The summed E-state index contributed by atoms with van der Waals surface area (Å²) in [6.07, 6.45) is 15.7. The summed E-state index contributed by atoms with van der Waals surface area (Å²) in [6, 6.07) is 0. The van der Waals surface area contributed by atoms with E-state index in [9.17, 15) is 9.90 Å². The van der Waals surface area contributed by atoms with Gasteiger partial charge in [0.25, 0.3) is 0 Å². The van der Waals surface area contributed by atoms with Gasteiger partial charge in [0.15, 0.2) is 0 Å². The minimum absolute atomic E-state index is 0.108. The van der Waals surface area contributed by atoms with Crippen molar-refractivity contribution >= 4 is 5.97 Å². The summed E-state index contributed by atoms with van der Waals surface area (Å²) in [5.41, 5.74) is 0. The topological polar surface area (TPSA) is 59.1 Å². The molecule has 0 unspecified atom stereocenters. The lowest BCUT2D eigenvalue weighted by Crippen LogP contribution is -2.02. The zero-order valence-electron chi connectivity index (χ0n) is 14.8. The van der Waals surface area contributed by atoms with Gasteiger partial charge in [-0.3, -0.25) is 4.79 Å². The van der Waals surface area contributed by atoms with E-state index in [0.29, 0.717) is 12.5 Å². The summed E-state index contributed by atoms with van der Waals surface area (Å²) in [6.45, 7) is 2.17. The Morgan fingerprint density at radius 1 is 1.17 bits per heavy atom. The molecule has 1 heterocycles. The van der Waals surface area contributed by atoms with Crippen molar-refractivity contribution in [3.63, 3.8) is 0 Å². The molecule has 1 fully saturated rings. The van der Waals surface area contributed by atoms with Gasteiger partial charge in [-0.25, -0.2) is 0 Å². The Labute approximate surface area is 141 Å². The van der Waals surface area contributed by atoms with Crippen LogP contribution in [-0.2, 0) is 14.3 Å². The van der Waals surface area contributed by atoms with Crippen LogP contribution in [0.3, 0.4) is 0 Å². The first-order valence-electron chi connectivity index (χ1n) is 9.26. The molecule has 134 valence electrons. The number of methoxy groups -OCH3 is 1. The van der Waals surface area contributed by atoms with Crippen molar-refractivity contribution in [1.29, 1.82) is 0 Å². The Bertz CT molecular complexity index is 340. The third-order valence-electron chi connectivity index (χ3n) is 4.35. The fourth-order valence-corrected chi connectivity index (χ4v) is 2.74. The highest BCUT2D eigenvalue weighted by atomic mass is 16.6. The van der Waals surface area contributed by atoms with E-state index in [1.807, 2.05) is 12.2 Å². The molecule has 1 N–H and O–H groups in total. The lowest BCUT2D eigenvalue weighted by Gasteiger charge is -2.03. The van der Waals surface area contributed by atoms with Crippen molar-refractivity contribution in [2.24, 2.45) is 0 Å². The second-order valence-corrected chi connectivity index (χ2v) is 6.47.